The van der Waals surface area contributed by atoms with Crippen LogP contribution in [0.4, 0.5) is 5.69 Å². The summed E-state index contributed by atoms with van der Waals surface area (Å²) in [5.74, 6) is -0.406. The molecule has 0 bridgehead atoms. The minimum atomic E-state index is -3.72. The molecule has 0 saturated carbocycles. The molecule has 180 valence electrons. The Morgan fingerprint density at radius 1 is 1.03 bits per heavy atom. The van der Waals surface area contributed by atoms with E-state index >= 15 is 0 Å². The molecule has 2 amide bonds. The van der Waals surface area contributed by atoms with Crippen molar-refractivity contribution in [3.8, 4) is 0 Å². The van der Waals surface area contributed by atoms with Gasteiger partial charge in [0.05, 0.1) is 11.9 Å². The van der Waals surface area contributed by atoms with E-state index < -0.39 is 22.0 Å². The monoisotopic (exact) mass is 585 g/mol. The number of nitrogens with zero attached hydrogens (tertiary/aromatic N) is 2. The summed E-state index contributed by atoms with van der Waals surface area (Å²) >= 11 is 2.13. The van der Waals surface area contributed by atoms with Crippen molar-refractivity contribution in [3.05, 3.63) is 63.7 Å². The summed E-state index contributed by atoms with van der Waals surface area (Å²) in [4.78, 5) is 28.0. The van der Waals surface area contributed by atoms with Gasteiger partial charge >= 0.3 is 0 Å². The molecule has 0 spiro atoms. The summed E-state index contributed by atoms with van der Waals surface area (Å²) in [7, 11) is -3.72. The number of hydrogen-bond donors (Lipinski definition) is 1. The highest BCUT2D eigenvalue weighted by Crippen LogP contribution is 2.21. The third-order valence-corrected chi connectivity index (χ3v) is 6.92. The van der Waals surface area contributed by atoms with E-state index in [2.05, 4.69) is 27.9 Å². The molecule has 0 unspecified atom stereocenters. The van der Waals surface area contributed by atoms with Crippen molar-refractivity contribution >= 4 is 50.1 Å². The van der Waals surface area contributed by atoms with Gasteiger partial charge in [-0.1, -0.05) is 51.1 Å². The van der Waals surface area contributed by atoms with Crippen molar-refractivity contribution in [2.75, 3.05) is 23.7 Å². The first-order valence-electron chi connectivity index (χ1n) is 10.9. The molecule has 0 aliphatic heterocycles. The fourth-order valence-electron chi connectivity index (χ4n) is 3.34. The lowest BCUT2D eigenvalue weighted by Crippen LogP contribution is -2.52. The Balaban J connectivity index is 2.37. The van der Waals surface area contributed by atoms with E-state index in [-0.39, 0.29) is 24.9 Å². The lowest BCUT2D eigenvalue weighted by atomic mass is 10.1. The van der Waals surface area contributed by atoms with Crippen molar-refractivity contribution < 1.29 is 18.0 Å². The summed E-state index contributed by atoms with van der Waals surface area (Å²) in [5, 5.41) is 2.91. The highest BCUT2D eigenvalue weighted by Gasteiger charge is 2.31. The molecular formula is C24H32IN3O4S. The van der Waals surface area contributed by atoms with Gasteiger partial charge in [0.1, 0.15) is 12.6 Å². The van der Waals surface area contributed by atoms with Crippen LogP contribution in [0.15, 0.2) is 54.6 Å². The number of benzene rings is 2. The number of halogens is 1. The first kappa shape index (κ1) is 27.1. The Hall–Kier alpha value is -2.14. The quantitative estimate of drug-likeness (QED) is 0.409. The SMILES string of the molecule is CC[C@H](C(=O)NCC(C)C)N(Cc1ccccc1)C(=O)CN(c1ccc(I)cc1)S(C)(=O)=O. The first-order chi connectivity index (χ1) is 15.5. The topological polar surface area (TPSA) is 86.8 Å². The fourth-order valence-corrected chi connectivity index (χ4v) is 4.55. The maximum atomic E-state index is 13.5. The Morgan fingerprint density at radius 3 is 2.15 bits per heavy atom. The van der Waals surface area contributed by atoms with Crippen LogP contribution < -0.4 is 9.62 Å². The van der Waals surface area contributed by atoms with Gasteiger partial charge in [-0.25, -0.2) is 8.42 Å². The Bertz CT molecular complexity index is 1030. The molecule has 0 aliphatic carbocycles. The van der Waals surface area contributed by atoms with Gasteiger partial charge in [-0.05, 0) is 64.8 Å². The van der Waals surface area contributed by atoms with Crippen LogP contribution in [0, 0.1) is 9.49 Å². The maximum absolute atomic E-state index is 13.5. The number of carbonyl (C=O) groups is 2. The molecule has 2 rings (SSSR count). The molecule has 1 N–H and O–H groups in total. The molecule has 7 nitrogen and oxygen atoms in total. The molecule has 2 aromatic rings. The van der Waals surface area contributed by atoms with Crippen LogP contribution in [0.1, 0.15) is 32.8 Å². The predicted octanol–water partition coefficient (Wildman–Crippen LogP) is 3.64. The fraction of sp³-hybridized carbons (Fsp3) is 0.417. The van der Waals surface area contributed by atoms with Crippen molar-refractivity contribution in [2.45, 2.75) is 39.8 Å². The molecule has 2 aromatic carbocycles. The van der Waals surface area contributed by atoms with Gasteiger partial charge in [-0.15, -0.1) is 0 Å². The van der Waals surface area contributed by atoms with E-state index in [1.54, 1.807) is 24.3 Å². The van der Waals surface area contributed by atoms with Crippen LogP contribution in [0.25, 0.3) is 0 Å². The first-order valence-corrected chi connectivity index (χ1v) is 13.8. The van der Waals surface area contributed by atoms with Gasteiger partial charge in [0, 0.05) is 16.7 Å². The van der Waals surface area contributed by atoms with Gasteiger partial charge in [-0.3, -0.25) is 13.9 Å². The Labute approximate surface area is 210 Å². The number of amides is 2. The number of carbonyl (C=O) groups excluding carboxylic acids is 2. The summed E-state index contributed by atoms with van der Waals surface area (Å²) in [5.41, 5.74) is 1.27. The van der Waals surface area contributed by atoms with Crippen molar-refractivity contribution in [1.82, 2.24) is 10.2 Å². The molecule has 9 heteroatoms. The van der Waals surface area contributed by atoms with E-state index in [1.807, 2.05) is 51.1 Å². The molecule has 0 heterocycles. The Morgan fingerprint density at radius 2 is 1.64 bits per heavy atom. The molecule has 1 atom stereocenters. The lowest BCUT2D eigenvalue weighted by Gasteiger charge is -2.33. The van der Waals surface area contributed by atoms with Crippen molar-refractivity contribution in [2.24, 2.45) is 5.92 Å². The minimum absolute atomic E-state index is 0.206. The van der Waals surface area contributed by atoms with Crippen molar-refractivity contribution in [3.63, 3.8) is 0 Å². The van der Waals surface area contributed by atoms with Gasteiger partial charge in [0.15, 0.2) is 0 Å². The predicted molar refractivity (Wildman–Crippen MR) is 140 cm³/mol. The molecule has 0 saturated heterocycles. The third kappa shape index (κ3) is 8.29. The zero-order valence-electron chi connectivity index (χ0n) is 19.5. The number of sulfonamides is 1. The molecule has 0 fully saturated rings. The van der Waals surface area contributed by atoms with E-state index in [0.717, 1.165) is 19.7 Å². The van der Waals surface area contributed by atoms with Gasteiger partial charge in [-0.2, -0.15) is 0 Å². The third-order valence-electron chi connectivity index (χ3n) is 5.06. The van der Waals surface area contributed by atoms with Crippen molar-refractivity contribution in [1.29, 1.82) is 0 Å². The van der Waals surface area contributed by atoms with Crippen LogP contribution in [0.2, 0.25) is 0 Å². The number of nitrogens with one attached hydrogen (secondary N) is 1. The van der Waals surface area contributed by atoms with Crippen LogP contribution >= 0.6 is 22.6 Å². The second-order valence-corrected chi connectivity index (χ2v) is 11.5. The average molecular weight is 586 g/mol. The molecule has 33 heavy (non-hydrogen) atoms. The zero-order chi connectivity index (χ0) is 24.6. The summed E-state index contributed by atoms with van der Waals surface area (Å²) in [6.45, 7) is 6.16. The second kappa shape index (κ2) is 12.4. The van der Waals surface area contributed by atoms with Crippen LogP contribution in [-0.2, 0) is 26.2 Å². The standard InChI is InChI=1S/C24H32IN3O4S/c1-5-22(24(30)26-15-18(2)3)27(16-19-9-7-6-8-10-19)23(29)17-28(33(4,31)32)21-13-11-20(25)12-14-21/h6-14,18,22H,5,15-17H2,1-4H3,(H,26,30)/t22-/m1/s1. The van der Waals surface area contributed by atoms with E-state index in [9.17, 15) is 18.0 Å². The average Bonchev–Trinajstić information content (AvgIpc) is 2.76. The summed E-state index contributed by atoms with van der Waals surface area (Å²) < 4.78 is 27.2. The molecule has 0 radical (unpaired) electrons. The second-order valence-electron chi connectivity index (χ2n) is 8.32. The van der Waals surface area contributed by atoms with Gasteiger partial charge < -0.3 is 10.2 Å². The molecular weight excluding hydrogens is 553 g/mol. The van der Waals surface area contributed by atoms with Gasteiger partial charge in [0.25, 0.3) is 0 Å². The number of anilines is 1. The van der Waals surface area contributed by atoms with Crippen LogP contribution in [-0.4, -0.2) is 50.5 Å². The highest BCUT2D eigenvalue weighted by molar-refractivity contribution is 14.1. The molecule has 0 aromatic heterocycles. The molecule has 0 aliphatic rings. The smallest absolute Gasteiger partial charge is 0.244 e. The summed E-state index contributed by atoms with van der Waals surface area (Å²) in [6.07, 6.45) is 1.48. The number of hydrogen-bond acceptors (Lipinski definition) is 4. The summed E-state index contributed by atoms with van der Waals surface area (Å²) in [6, 6.07) is 15.6. The normalized spacial score (nSPS) is 12.3. The minimum Gasteiger partial charge on any atom is -0.354 e. The van der Waals surface area contributed by atoms with E-state index in [4.69, 9.17) is 0 Å². The highest BCUT2D eigenvalue weighted by atomic mass is 127. The van der Waals surface area contributed by atoms with Gasteiger partial charge in [0.2, 0.25) is 21.8 Å². The largest absolute Gasteiger partial charge is 0.354 e. The number of rotatable bonds is 11. The van der Waals surface area contributed by atoms with Crippen LogP contribution in [0.3, 0.4) is 0 Å². The van der Waals surface area contributed by atoms with Crippen LogP contribution in [0.5, 0.6) is 0 Å². The van der Waals surface area contributed by atoms with E-state index in [0.29, 0.717) is 18.7 Å². The Kier molecular flexibility index (Phi) is 10.2. The maximum Gasteiger partial charge on any atom is 0.244 e. The zero-order valence-corrected chi connectivity index (χ0v) is 22.5. The van der Waals surface area contributed by atoms with E-state index in [1.165, 1.54) is 4.90 Å². The lowest BCUT2D eigenvalue weighted by molar-refractivity contribution is -0.140.